The number of hydrogen-bond acceptors (Lipinski definition) is 9. The summed E-state index contributed by atoms with van der Waals surface area (Å²) in [5.41, 5.74) is 15.4. The zero-order valence-corrected chi connectivity index (χ0v) is 11.5. The molecule has 0 aliphatic heterocycles. The summed E-state index contributed by atoms with van der Waals surface area (Å²) in [5.74, 6) is 0.125. The van der Waals surface area contributed by atoms with Crippen LogP contribution in [-0.4, -0.2) is 41.8 Å². The molecule has 9 nitrogen and oxygen atoms in total. The van der Waals surface area contributed by atoms with Gasteiger partial charge in [-0.05, 0) is 12.2 Å². The van der Waals surface area contributed by atoms with Gasteiger partial charge in [0.05, 0.1) is 0 Å². The summed E-state index contributed by atoms with van der Waals surface area (Å²) in [4.78, 5) is 10.5. The van der Waals surface area contributed by atoms with Gasteiger partial charge in [-0.1, -0.05) is 13.2 Å². The molecule has 0 aromatic carbocycles. The molecule has 0 aliphatic carbocycles. The first-order chi connectivity index (χ1) is 9.46. The van der Waals surface area contributed by atoms with Crippen molar-refractivity contribution < 1.29 is 14.2 Å². The van der Waals surface area contributed by atoms with E-state index in [2.05, 4.69) is 28.1 Å². The molecule has 0 fully saturated rings. The van der Waals surface area contributed by atoms with E-state index in [9.17, 15) is 0 Å². The molecule has 6 N–H and O–H groups in total. The lowest BCUT2D eigenvalue weighted by molar-refractivity contribution is -0.188. The highest BCUT2D eigenvalue weighted by Gasteiger charge is 2.08. The normalized spacial score (nSPS) is 12.7. The van der Waals surface area contributed by atoms with E-state index in [-0.39, 0.29) is 17.8 Å². The van der Waals surface area contributed by atoms with Crippen molar-refractivity contribution in [2.45, 2.75) is 12.6 Å². The first-order valence-corrected chi connectivity index (χ1v) is 5.45. The van der Waals surface area contributed by atoms with E-state index in [1.807, 2.05) is 0 Å². The number of methoxy groups -OCH3 is 2. The maximum atomic E-state index is 5.17. The van der Waals surface area contributed by atoms with Gasteiger partial charge in [0.25, 0.3) is 0 Å². The van der Waals surface area contributed by atoms with E-state index >= 15 is 0 Å². The molecule has 1 rings (SSSR count). The van der Waals surface area contributed by atoms with Crippen molar-refractivity contribution >= 4 is 17.8 Å². The van der Waals surface area contributed by atoms with Crippen LogP contribution in [0.1, 0.15) is 0 Å². The summed E-state index contributed by atoms with van der Waals surface area (Å²) in [6.07, 6.45) is 2.18. The maximum Gasteiger partial charge on any atom is 0.226 e. The smallest absolute Gasteiger partial charge is 0.226 e. The highest BCUT2D eigenvalue weighted by molar-refractivity contribution is 5.33. The molecular formula is C11H20N6O3. The molecule has 0 saturated heterocycles. The van der Waals surface area contributed by atoms with Crippen LogP contribution >= 0.6 is 0 Å². The summed E-state index contributed by atoms with van der Waals surface area (Å²) >= 11 is 0. The average molecular weight is 284 g/mol. The van der Waals surface area contributed by atoms with E-state index in [4.69, 9.17) is 31.4 Å². The SMILES string of the molecule is C=CC(OC)OC(C=C)OC.Nc1nc(N)nc(N)n1. The predicted octanol–water partition coefficient (Wildman–Crippen LogP) is -0.0618. The third kappa shape index (κ3) is 7.26. The Kier molecular flexibility index (Phi) is 8.59. The van der Waals surface area contributed by atoms with Crippen LogP contribution in [0.5, 0.6) is 0 Å². The van der Waals surface area contributed by atoms with Gasteiger partial charge in [-0.25, -0.2) is 0 Å². The van der Waals surface area contributed by atoms with Crippen LogP contribution < -0.4 is 17.2 Å². The summed E-state index contributed by atoms with van der Waals surface area (Å²) in [7, 11) is 3.06. The minimum atomic E-state index is -0.446. The first-order valence-electron chi connectivity index (χ1n) is 5.45. The Morgan fingerprint density at radius 3 is 1.35 bits per heavy atom. The van der Waals surface area contributed by atoms with Gasteiger partial charge in [0.15, 0.2) is 12.6 Å². The number of hydrogen-bond donors (Lipinski definition) is 3. The Balaban J connectivity index is 0.000000367. The lowest BCUT2D eigenvalue weighted by Gasteiger charge is -2.17. The standard InChI is InChI=1S/C8H14O3.C3H6N6/c1-5-7(9-3)11-8(6-2)10-4;4-1-7-2(5)9-3(6)8-1/h5-8H,1-2H2,3-4H3;(H6,4,5,6,7,8,9). The van der Waals surface area contributed by atoms with Crippen LogP contribution in [0.4, 0.5) is 17.8 Å². The molecule has 0 spiro atoms. The van der Waals surface area contributed by atoms with Crippen molar-refractivity contribution in [3.8, 4) is 0 Å². The average Bonchev–Trinajstić information content (AvgIpc) is 2.39. The minimum Gasteiger partial charge on any atom is -0.368 e. The lowest BCUT2D eigenvalue weighted by Crippen LogP contribution is -2.21. The number of rotatable bonds is 6. The molecule has 0 radical (unpaired) electrons. The van der Waals surface area contributed by atoms with Crippen LogP contribution in [0.3, 0.4) is 0 Å². The van der Waals surface area contributed by atoms with Crippen molar-refractivity contribution in [3.05, 3.63) is 25.3 Å². The molecule has 9 heteroatoms. The fourth-order valence-electron chi connectivity index (χ4n) is 0.974. The van der Waals surface area contributed by atoms with Gasteiger partial charge in [0.2, 0.25) is 17.8 Å². The Hall–Kier alpha value is -2.23. The van der Waals surface area contributed by atoms with Crippen LogP contribution in [-0.2, 0) is 14.2 Å². The molecule has 0 saturated carbocycles. The zero-order chi connectivity index (χ0) is 15.5. The molecule has 1 aromatic rings. The van der Waals surface area contributed by atoms with E-state index in [0.717, 1.165) is 0 Å². The fourth-order valence-corrected chi connectivity index (χ4v) is 0.974. The Morgan fingerprint density at radius 1 is 0.850 bits per heavy atom. The van der Waals surface area contributed by atoms with Gasteiger partial charge >= 0.3 is 0 Å². The van der Waals surface area contributed by atoms with Crippen molar-refractivity contribution in [1.29, 1.82) is 0 Å². The number of anilines is 3. The second-order valence-electron chi connectivity index (χ2n) is 3.23. The summed E-state index contributed by atoms with van der Waals surface area (Å²) in [6.45, 7) is 7.03. The molecule has 2 unspecified atom stereocenters. The highest BCUT2D eigenvalue weighted by Crippen LogP contribution is 2.01. The largest absolute Gasteiger partial charge is 0.368 e. The monoisotopic (exact) mass is 284 g/mol. The van der Waals surface area contributed by atoms with Crippen molar-refractivity contribution in [2.24, 2.45) is 0 Å². The Morgan fingerprint density at radius 2 is 1.15 bits per heavy atom. The van der Waals surface area contributed by atoms with Gasteiger partial charge in [0.1, 0.15) is 0 Å². The molecule has 0 aliphatic rings. The van der Waals surface area contributed by atoms with Gasteiger partial charge < -0.3 is 31.4 Å². The molecule has 2 atom stereocenters. The highest BCUT2D eigenvalue weighted by atomic mass is 16.8. The fraction of sp³-hybridized carbons (Fsp3) is 0.364. The summed E-state index contributed by atoms with van der Waals surface area (Å²) in [5, 5.41) is 0. The third-order valence-corrected chi connectivity index (χ3v) is 1.81. The van der Waals surface area contributed by atoms with Gasteiger partial charge in [-0.3, -0.25) is 0 Å². The summed E-state index contributed by atoms with van der Waals surface area (Å²) < 4.78 is 14.9. The van der Waals surface area contributed by atoms with Crippen molar-refractivity contribution in [3.63, 3.8) is 0 Å². The van der Waals surface area contributed by atoms with E-state index < -0.39 is 12.6 Å². The second kappa shape index (κ2) is 9.67. The van der Waals surface area contributed by atoms with Crippen molar-refractivity contribution in [1.82, 2.24) is 15.0 Å². The quantitative estimate of drug-likeness (QED) is 0.483. The van der Waals surface area contributed by atoms with Crippen LogP contribution in [0, 0.1) is 0 Å². The topological polar surface area (TPSA) is 144 Å². The molecule has 112 valence electrons. The van der Waals surface area contributed by atoms with E-state index in [0.29, 0.717) is 0 Å². The molecular weight excluding hydrogens is 264 g/mol. The van der Waals surface area contributed by atoms with Gasteiger partial charge in [0, 0.05) is 14.2 Å². The molecule has 0 bridgehead atoms. The van der Waals surface area contributed by atoms with Gasteiger partial charge in [-0.2, -0.15) is 15.0 Å². The molecule has 1 aromatic heterocycles. The molecule has 0 amide bonds. The van der Waals surface area contributed by atoms with Crippen LogP contribution in [0.15, 0.2) is 25.3 Å². The van der Waals surface area contributed by atoms with E-state index in [1.165, 1.54) is 26.4 Å². The number of nitrogens with two attached hydrogens (primary N) is 3. The van der Waals surface area contributed by atoms with Crippen LogP contribution in [0.2, 0.25) is 0 Å². The number of nitrogens with zero attached hydrogens (tertiary/aromatic N) is 3. The lowest BCUT2D eigenvalue weighted by atomic mass is 10.5. The molecule has 20 heavy (non-hydrogen) atoms. The first kappa shape index (κ1) is 17.8. The van der Waals surface area contributed by atoms with E-state index in [1.54, 1.807) is 0 Å². The zero-order valence-electron chi connectivity index (χ0n) is 11.5. The number of nitrogen functional groups attached to an aromatic ring is 3. The Labute approximate surface area is 117 Å². The van der Waals surface area contributed by atoms with Gasteiger partial charge in [-0.15, -0.1) is 0 Å². The minimum absolute atomic E-state index is 0.0417. The molecule has 1 heterocycles. The second-order valence-corrected chi connectivity index (χ2v) is 3.23. The Bertz CT molecular complexity index is 364. The number of ether oxygens (including phenoxy) is 3. The predicted molar refractivity (Wildman–Crippen MR) is 76.1 cm³/mol. The van der Waals surface area contributed by atoms with Crippen molar-refractivity contribution in [2.75, 3.05) is 31.4 Å². The van der Waals surface area contributed by atoms with Crippen LogP contribution in [0.25, 0.3) is 0 Å². The number of aromatic nitrogens is 3. The maximum absolute atomic E-state index is 5.17. The third-order valence-electron chi connectivity index (χ3n) is 1.81. The summed E-state index contributed by atoms with van der Waals surface area (Å²) in [6, 6.07) is 0.